The second-order valence-corrected chi connectivity index (χ2v) is 11.5. The molecule has 0 radical (unpaired) electrons. The Kier molecular flexibility index (Phi) is 7.94. The Balaban J connectivity index is 2.06. The summed E-state index contributed by atoms with van der Waals surface area (Å²) in [7, 11) is -0.897. The van der Waals surface area contributed by atoms with Crippen molar-refractivity contribution in [3.05, 3.63) is 103 Å². The van der Waals surface area contributed by atoms with Crippen LogP contribution in [0, 0.1) is 6.92 Å². The van der Waals surface area contributed by atoms with E-state index in [0.717, 1.165) is 10.3 Å². The van der Waals surface area contributed by atoms with E-state index in [1.54, 1.807) is 19.1 Å². The molecule has 10 nitrogen and oxygen atoms in total. The standard InChI is InChI=1S/C25H21Cl2N5O5S2/c1-14-12-20(19(38)13-18(14)27)39(36,37)29-22(31-10-8-16(9-11-31)30(2)3)21-23(33)28-25(35)32(24(21)34)17-6-4-15(26)5-7-17/h4-13H,1-3H3,(H2-,28,29,33,34,35,38)/p+1. The Morgan fingerprint density at radius 1 is 1.08 bits per heavy atom. The molecule has 2 aromatic heterocycles. The Morgan fingerprint density at radius 2 is 1.69 bits per heavy atom. The maximum atomic E-state index is 13.6. The minimum absolute atomic E-state index is 0.0333. The molecule has 0 aliphatic rings. The molecule has 0 saturated heterocycles. The molecule has 0 spiro atoms. The zero-order chi connectivity index (χ0) is 28.6. The Bertz CT molecular complexity index is 1830. The maximum Gasteiger partial charge on any atom is 0.371 e. The van der Waals surface area contributed by atoms with E-state index in [1.807, 2.05) is 19.0 Å². The van der Waals surface area contributed by atoms with Gasteiger partial charge in [0, 0.05) is 46.9 Å². The van der Waals surface area contributed by atoms with E-state index in [4.69, 9.17) is 23.2 Å². The van der Waals surface area contributed by atoms with Gasteiger partial charge in [-0.1, -0.05) is 23.2 Å². The molecule has 0 saturated carbocycles. The molecule has 0 aliphatic carbocycles. The average Bonchev–Trinajstić information content (AvgIpc) is 2.86. The van der Waals surface area contributed by atoms with Crippen LogP contribution in [-0.2, 0) is 10.0 Å². The fraction of sp³-hybridized carbons (Fsp3) is 0.120. The minimum atomic E-state index is -4.53. The van der Waals surface area contributed by atoms with Gasteiger partial charge >= 0.3 is 21.5 Å². The second kappa shape index (κ2) is 10.9. The number of aromatic hydroxyl groups is 1. The van der Waals surface area contributed by atoms with Gasteiger partial charge in [0.2, 0.25) is 5.88 Å². The van der Waals surface area contributed by atoms with Crippen LogP contribution in [0.5, 0.6) is 5.88 Å². The van der Waals surface area contributed by atoms with Gasteiger partial charge < -0.3 is 10.0 Å². The summed E-state index contributed by atoms with van der Waals surface area (Å²) in [5.74, 6) is -1.30. The molecule has 14 heteroatoms. The molecule has 0 atom stereocenters. The summed E-state index contributed by atoms with van der Waals surface area (Å²) in [4.78, 5) is 29.5. The van der Waals surface area contributed by atoms with Crippen LogP contribution >= 0.6 is 35.8 Å². The Hall–Kier alpha value is -3.58. The summed E-state index contributed by atoms with van der Waals surface area (Å²) >= 11 is 16.3. The molecule has 4 rings (SSSR count). The molecule has 39 heavy (non-hydrogen) atoms. The minimum Gasteiger partial charge on any atom is -0.493 e. The van der Waals surface area contributed by atoms with Gasteiger partial charge in [0.15, 0.2) is 5.56 Å². The Morgan fingerprint density at radius 3 is 2.28 bits per heavy atom. The molecule has 2 aromatic carbocycles. The first-order chi connectivity index (χ1) is 18.3. The highest BCUT2D eigenvalue weighted by atomic mass is 35.5. The number of aromatic nitrogens is 3. The third-order valence-corrected chi connectivity index (χ3v) is 8.18. The van der Waals surface area contributed by atoms with Crippen molar-refractivity contribution in [2.75, 3.05) is 19.0 Å². The van der Waals surface area contributed by atoms with Crippen molar-refractivity contribution < 1.29 is 18.1 Å². The van der Waals surface area contributed by atoms with E-state index in [-0.39, 0.29) is 15.5 Å². The lowest BCUT2D eigenvalue weighted by Crippen LogP contribution is -2.48. The lowest BCUT2D eigenvalue weighted by molar-refractivity contribution is -0.554. The van der Waals surface area contributed by atoms with Crippen LogP contribution in [0.15, 0.2) is 84.7 Å². The monoisotopic (exact) mass is 606 g/mol. The fourth-order valence-electron chi connectivity index (χ4n) is 3.65. The van der Waals surface area contributed by atoms with Crippen molar-refractivity contribution in [3.63, 3.8) is 0 Å². The number of benzene rings is 2. The first-order valence-corrected chi connectivity index (χ1v) is 13.8. The lowest BCUT2D eigenvalue weighted by Gasteiger charge is -2.13. The van der Waals surface area contributed by atoms with Crippen molar-refractivity contribution in [3.8, 4) is 11.6 Å². The average molecular weight is 608 g/mol. The molecular weight excluding hydrogens is 585 g/mol. The number of rotatable bonds is 5. The van der Waals surface area contributed by atoms with E-state index < -0.39 is 38.6 Å². The van der Waals surface area contributed by atoms with Gasteiger partial charge in [-0.15, -0.1) is 12.6 Å². The summed E-state index contributed by atoms with van der Waals surface area (Å²) < 4.78 is 33.1. The zero-order valence-electron chi connectivity index (χ0n) is 20.8. The number of nitrogens with zero attached hydrogens (tertiary/aromatic N) is 4. The quantitative estimate of drug-likeness (QED) is 0.138. The molecule has 202 valence electrons. The number of pyridine rings is 1. The summed E-state index contributed by atoms with van der Waals surface area (Å²) in [6.07, 6.45) is 2.93. The Labute approximate surface area is 238 Å². The topological polar surface area (TPSA) is 129 Å². The van der Waals surface area contributed by atoms with Gasteiger partial charge in [-0.3, -0.25) is 9.78 Å². The third-order valence-electron chi connectivity index (χ3n) is 5.69. The summed E-state index contributed by atoms with van der Waals surface area (Å²) in [6, 6.07) is 11.8. The van der Waals surface area contributed by atoms with E-state index in [1.165, 1.54) is 53.4 Å². The van der Waals surface area contributed by atoms with Gasteiger partial charge in [0.25, 0.3) is 5.56 Å². The van der Waals surface area contributed by atoms with Crippen LogP contribution < -0.4 is 20.7 Å². The highest BCUT2D eigenvalue weighted by Crippen LogP contribution is 2.29. The number of H-pyrrole nitrogens is 1. The predicted octanol–water partition coefficient (Wildman–Crippen LogP) is 3.17. The van der Waals surface area contributed by atoms with Gasteiger partial charge in [-0.25, -0.2) is 13.9 Å². The van der Waals surface area contributed by atoms with Crippen molar-refractivity contribution in [2.24, 2.45) is 4.40 Å². The summed E-state index contributed by atoms with van der Waals surface area (Å²) in [6.45, 7) is 1.62. The zero-order valence-corrected chi connectivity index (χ0v) is 24.0. The first kappa shape index (κ1) is 28.4. The molecule has 0 aliphatic heterocycles. The molecule has 2 N–H and O–H groups in total. The molecule has 0 bridgehead atoms. The number of aromatic amines is 1. The van der Waals surface area contributed by atoms with Crippen molar-refractivity contribution in [1.82, 2.24) is 9.55 Å². The third kappa shape index (κ3) is 5.74. The van der Waals surface area contributed by atoms with Gasteiger partial charge in [-0.05, 0) is 48.9 Å². The molecule has 0 amide bonds. The SMILES string of the molecule is Cc1cc(S(=O)(=O)/N=C(/c2c(O)n(-c3ccc(Cl)cc3)c(=O)[nH]c2=O)[n+]2ccc(N(C)C)cc2)c(S)cc1Cl. The molecule has 4 aromatic rings. The summed E-state index contributed by atoms with van der Waals surface area (Å²) in [5.41, 5.74) is -1.18. The van der Waals surface area contributed by atoms with E-state index >= 15 is 0 Å². The van der Waals surface area contributed by atoms with Crippen LogP contribution in [0.4, 0.5) is 5.69 Å². The number of thiol groups is 1. The number of hydrogen-bond acceptors (Lipinski definition) is 7. The number of halogens is 2. The van der Waals surface area contributed by atoms with Crippen LogP contribution in [-0.4, -0.2) is 43.0 Å². The van der Waals surface area contributed by atoms with Gasteiger partial charge in [0.05, 0.1) is 22.5 Å². The van der Waals surface area contributed by atoms with Crippen molar-refractivity contribution >= 4 is 57.4 Å². The number of anilines is 1. The largest absolute Gasteiger partial charge is 0.493 e. The van der Waals surface area contributed by atoms with Crippen LogP contribution in [0.3, 0.4) is 0 Å². The number of nitrogens with one attached hydrogen (secondary N) is 1. The van der Waals surface area contributed by atoms with Gasteiger partial charge in [0.1, 0.15) is 4.90 Å². The smallest absolute Gasteiger partial charge is 0.371 e. The van der Waals surface area contributed by atoms with Crippen LogP contribution in [0.25, 0.3) is 5.69 Å². The fourth-order valence-corrected chi connectivity index (χ4v) is 5.72. The molecule has 0 fully saturated rings. The maximum absolute atomic E-state index is 13.6. The summed E-state index contributed by atoms with van der Waals surface area (Å²) in [5, 5.41) is 11.9. The van der Waals surface area contributed by atoms with Gasteiger partial charge in [-0.2, -0.15) is 8.42 Å². The highest BCUT2D eigenvalue weighted by molar-refractivity contribution is 7.91. The van der Waals surface area contributed by atoms with E-state index in [9.17, 15) is 23.1 Å². The number of hydrogen-bond donors (Lipinski definition) is 3. The molecule has 0 unspecified atom stereocenters. The van der Waals surface area contributed by atoms with Crippen molar-refractivity contribution in [1.29, 1.82) is 0 Å². The predicted molar refractivity (Wildman–Crippen MR) is 153 cm³/mol. The number of sulfonamides is 1. The van der Waals surface area contributed by atoms with Crippen LogP contribution in [0.2, 0.25) is 10.0 Å². The normalized spacial score (nSPS) is 12.0. The highest BCUT2D eigenvalue weighted by Gasteiger charge is 2.33. The van der Waals surface area contributed by atoms with Crippen molar-refractivity contribution in [2.45, 2.75) is 16.7 Å². The van der Waals surface area contributed by atoms with Crippen LogP contribution in [0.1, 0.15) is 11.1 Å². The second-order valence-electron chi connectivity index (χ2n) is 8.59. The first-order valence-electron chi connectivity index (χ1n) is 11.2. The molecule has 2 heterocycles. The number of aryl methyl sites for hydroxylation is 1. The lowest BCUT2D eigenvalue weighted by atomic mass is 10.2. The van der Waals surface area contributed by atoms with E-state index in [2.05, 4.69) is 22.0 Å². The van der Waals surface area contributed by atoms with E-state index in [0.29, 0.717) is 15.6 Å². The molecular formula is C25H22Cl2N5O5S2+.